The van der Waals surface area contributed by atoms with Gasteiger partial charge < -0.3 is 0 Å². The van der Waals surface area contributed by atoms with Crippen LogP contribution in [0.4, 0.5) is 0 Å². The van der Waals surface area contributed by atoms with Crippen molar-refractivity contribution in [3.8, 4) is 0 Å². The number of hydrogen-bond donors (Lipinski definition) is 0. The Bertz CT molecular complexity index is 402. The lowest BCUT2D eigenvalue weighted by atomic mass is 10.3. The lowest BCUT2D eigenvalue weighted by Gasteiger charge is -1.98. The van der Waals surface area contributed by atoms with Crippen molar-refractivity contribution in [2.75, 3.05) is 12.5 Å². The quantitative estimate of drug-likeness (QED) is 0.766. The molecule has 0 N–H and O–H groups in total. The Morgan fingerprint density at radius 3 is 2.85 bits per heavy atom. The van der Waals surface area contributed by atoms with E-state index >= 15 is 0 Å². The number of pyridine rings is 1. The zero-order valence-corrected chi connectivity index (χ0v) is 9.93. The molecule has 1 aromatic heterocycles. The van der Waals surface area contributed by atoms with Gasteiger partial charge in [-0.25, -0.2) is 9.35 Å². The number of halogens is 1. The minimum Gasteiger partial charge on any atom is -0.250 e. The average molecular weight is 263 g/mol. The van der Waals surface area contributed by atoms with Gasteiger partial charge in [0.15, 0.2) is 0 Å². The fourth-order valence-electron chi connectivity index (χ4n) is 0.771. The molecule has 3 nitrogen and oxygen atoms in total. The number of hydrogen-bond acceptors (Lipinski definition) is 3. The fraction of sp³-hybridized carbons (Fsp3) is 0.375. The molecule has 0 bridgehead atoms. The minimum absolute atomic E-state index is 0.479. The molecule has 72 valence electrons. The third-order valence-electron chi connectivity index (χ3n) is 1.35. The normalized spacial score (nSPS) is 11.3. The summed E-state index contributed by atoms with van der Waals surface area (Å²) < 4.78 is 16.1. The lowest BCUT2D eigenvalue weighted by Crippen LogP contribution is -1.92. The highest BCUT2D eigenvalue weighted by molar-refractivity contribution is 9.10. The van der Waals surface area contributed by atoms with E-state index in [4.69, 9.17) is 0 Å². The number of aromatic nitrogens is 1. The molecule has 1 heterocycles. The van der Waals surface area contributed by atoms with Crippen LogP contribution < -0.4 is 0 Å². The molecule has 0 saturated carbocycles. The molecule has 0 spiro atoms. The van der Waals surface area contributed by atoms with Gasteiger partial charge in [0.1, 0.15) is 4.60 Å². The van der Waals surface area contributed by atoms with Crippen LogP contribution in [0.25, 0.3) is 0 Å². The van der Waals surface area contributed by atoms with Crippen molar-refractivity contribution in [1.29, 1.82) is 0 Å². The molecule has 0 atom stereocenters. The molecule has 13 heavy (non-hydrogen) atoms. The average Bonchev–Trinajstić information content (AvgIpc) is 2.00. The van der Waals surface area contributed by atoms with E-state index in [1.54, 1.807) is 18.7 Å². The van der Waals surface area contributed by atoms with E-state index < -0.39 is 9.73 Å². The van der Waals surface area contributed by atoms with Crippen LogP contribution in [0.2, 0.25) is 0 Å². The van der Waals surface area contributed by atoms with Crippen molar-refractivity contribution in [2.24, 2.45) is 4.36 Å². The van der Waals surface area contributed by atoms with E-state index in [2.05, 4.69) is 25.3 Å². The van der Waals surface area contributed by atoms with Crippen LogP contribution in [0.15, 0.2) is 27.3 Å². The van der Waals surface area contributed by atoms with Gasteiger partial charge in [-0.2, -0.15) is 0 Å². The predicted molar refractivity (Wildman–Crippen MR) is 58.1 cm³/mol. The summed E-state index contributed by atoms with van der Waals surface area (Å²) in [5.41, 5.74) is 1.01. The largest absolute Gasteiger partial charge is 0.250 e. The van der Waals surface area contributed by atoms with Crippen LogP contribution >= 0.6 is 15.9 Å². The first kappa shape index (κ1) is 10.7. The maximum atomic E-state index is 11.3. The third kappa shape index (κ3) is 4.38. The standard InChI is InChI=1S/C8H11BrN2OS/c1-13(2,12)11-6-7-3-4-10-8(9)5-7/h3-5H,6H2,1-2H3. The summed E-state index contributed by atoms with van der Waals surface area (Å²) >= 11 is 3.26. The first-order valence-corrected chi connectivity index (χ1v) is 6.83. The van der Waals surface area contributed by atoms with Gasteiger partial charge >= 0.3 is 0 Å². The summed E-state index contributed by atoms with van der Waals surface area (Å²) in [6.07, 6.45) is 4.95. The number of rotatable bonds is 2. The third-order valence-corrected chi connectivity index (χ3v) is 2.53. The number of nitrogens with zero attached hydrogens (tertiary/aromatic N) is 2. The molecule has 0 saturated heterocycles. The van der Waals surface area contributed by atoms with Crippen molar-refractivity contribution in [1.82, 2.24) is 4.98 Å². The Labute approximate surface area is 86.9 Å². The maximum Gasteiger partial charge on any atom is 0.106 e. The second-order valence-corrected chi connectivity index (χ2v) is 6.39. The van der Waals surface area contributed by atoms with Crippen molar-refractivity contribution in [3.63, 3.8) is 0 Å². The van der Waals surface area contributed by atoms with E-state index in [-0.39, 0.29) is 0 Å². The summed E-state index contributed by atoms with van der Waals surface area (Å²) in [6.45, 7) is 0.479. The van der Waals surface area contributed by atoms with Crippen LogP contribution in [-0.4, -0.2) is 21.7 Å². The van der Waals surface area contributed by atoms with Gasteiger partial charge in [-0.1, -0.05) is 0 Å². The monoisotopic (exact) mass is 262 g/mol. The Balaban J connectivity index is 2.82. The predicted octanol–water partition coefficient (Wildman–Crippen LogP) is 2.07. The second kappa shape index (κ2) is 4.19. The SMILES string of the molecule is CS(C)(=O)=NCc1ccnc(Br)c1. The van der Waals surface area contributed by atoms with E-state index in [0.717, 1.165) is 10.2 Å². The first-order valence-electron chi connectivity index (χ1n) is 3.71. The van der Waals surface area contributed by atoms with Crippen LogP contribution in [-0.2, 0) is 16.3 Å². The van der Waals surface area contributed by atoms with Gasteiger partial charge in [0.05, 0.1) is 6.54 Å². The van der Waals surface area contributed by atoms with Crippen molar-refractivity contribution < 1.29 is 4.21 Å². The zero-order valence-electron chi connectivity index (χ0n) is 7.53. The molecule has 0 radical (unpaired) electrons. The molecule has 0 aromatic carbocycles. The fourth-order valence-corrected chi connectivity index (χ4v) is 1.64. The van der Waals surface area contributed by atoms with Crippen LogP contribution in [0.3, 0.4) is 0 Å². The molecule has 0 amide bonds. The van der Waals surface area contributed by atoms with E-state index in [0.29, 0.717) is 6.54 Å². The minimum atomic E-state index is -2.00. The first-order chi connectivity index (χ1) is 5.97. The molecule has 1 aromatic rings. The molecular formula is C8H11BrN2OS. The van der Waals surface area contributed by atoms with Gasteiger partial charge in [0.2, 0.25) is 0 Å². The van der Waals surface area contributed by atoms with Gasteiger partial charge in [0.25, 0.3) is 0 Å². The molecule has 5 heteroatoms. The molecule has 0 unspecified atom stereocenters. The smallest absolute Gasteiger partial charge is 0.106 e. The molecule has 0 aliphatic rings. The van der Waals surface area contributed by atoms with Crippen LogP contribution in [0.1, 0.15) is 5.56 Å². The highest BCUT2D eigenvalue weighted by Gasteiger charge is 1.94. The molecular weight excluding hydrogens is 252 g/mol. The summed E-state index contributed by atoms with van der Waals surface area (Å²) in [7, 11) is -2.00. The van der Waals surface area contributed by atoms with E-state index in [9.17, 15) is 4.21 Å². The topological polar surface area (TPSA) is 42.3 Å². The van der Waals surface area contributed by atoms with Gasteiger partial charge in [-0.3, -0.25) is 4.21 Å². The van der Waals surface area contributed by atoms with Crippen LogP contribution in [0.5, 0.6) is 0 Å². The van der Waals surface area contributed by atoms with Crippen LogP contribution in [0, 0.1) is 0 Å². The highest BCUT2D eigenvalue weighted by Crippen LogP contribution is 2.09. The molecule has 1 rings (SSSR count). The Morgan fingerprint density at radius 1 is 1.62 bits per heavy atom. The maximum absolute atomic E-state index is 11.3. The van der Waals surface area contributed by atoms with E-state index in [1.807, 2.05) is 12.1 Å². The van der Waals surface area contributed by atoms with Gasteiger partial charge in [0, 0.05) is 28.4 Å². The molecule has 0 aliphatic carbocycles. The summed E-state index contributed by atoms with van der Waals surface area (Å²) in [6, 6.07) is 3.73. The van der Waals surface area contributed by atoms with Crippen molar-refractivity contribution in [3.05, 3.63) is 28.5 Å². The Kier molecular flexibility index (Phi) is 3.44. The van der Waals surface area contributed by atoms with Crippen molar-refractivity contribution >= 4 is 25.7 Å². The summed E-state index contributed by atoms with van der Waals surface area (Å²) in [5, 5.41) is 0. The van der Waals surface area contributed by atoms with Gasteiger partial charge in [-0.05, 0) is 33.6 Å². The van der Waals surface area contributed by atoms with E-state index in [1.165, 1.54) is 0 Å². The lowest BCUT2D eigenvalue weighted by molar-refractivity contribution is 0.682. The molecule has 0 aliphatic heterocycles. The Morgan fingerprint density at radius 2 is 2.31 bits per heavy atom. The molecule has 0 fully saturated rings. The zero-order chi connectivity index (χ0) is 9.90. The second-order valence-electron chi connectivity index (χ2n) is 2.96. The van der Waals surface area contributed by atoms with Gasteiger partial charge in [-0.15, -0.1) is 0 Å². The Hall–Kier alpha value is -0.420. The summed E-state index contributed by atoms with van der Waals surface area (Å²) in [4.78, 5) is 3.99. The highest BCUT2D eigenvalue weighted by atomic mass is 79.9. The summed E-state index contributed by atoms with van der Waals surface area (Å²) in [5.74, 6) is 0. The van der Waals surface area contributed by atoms with Crippen molar-refractivity contribution in [2.45, 2.75) is 6.54 Å².